The third-order valence-electron chi connectivity index (χ3n) is 2.98. The van der Waals surface area contributed by atoms with Gasteiger partial charge in [-0.25, -0.2) is 4.89 Å². The number of hydrogen-bond acceptors (Lipinski definition) is 4. The smallest absolute Gasteiger partial charge is 0.291 e. The minimum Gasteiger partial charge on any atom is -0.341 e. The zero-order chi connectivity index (χ0) is 14.4. The van der Waals surface area contributed by atoms with Crippen LogP contribution in [0.5, 0.6) is 0 Å². The van der Waals surface area contributed by atoms with Gasteiger partial charge in [0.1, 0.15) is 0 Å². The molecule has 0 aliphatic heterocycles. The third-order valence-corrected chi connectivity index (χ3v) is 2.98. The maximum Gasteiger partial charge on any atom is 0.291 e. The van der Waals surface area contributed by atoms with E-state index in [-0.39, 0.29) is 5.78 Å². The molecule has 0 amide bonds. The van der Waals surface area contributed by atoms with Gasteiger partial charge in [-0.15, -0.1) is 0 Å². The van der Waals surface area contributed by atoms with Crippen LogP contribution < -0.4 is 0 Å². The molecule has 0 fully saturated rings. The molecule has 104 valence electrons. The van der Waals surface area contributed by atoms with Gasteiger partial charge in [-0.05, 0) is 0 Å². The molecule has 0 aromatic heterocycles. The summed E-state index contributed by atoms with van der Waals surface area (Å²) < 4.78 is 5.38. The average molecular weight is 272 g/mol. The van der Waals surface area contributed by atoms with E-state index in [2.05, 4.69) is 0 Å². The Morgan fingerprint density at radius 1 is 0.900 bits per heavy atom. The van der Waals surface area contributed by atoms with Crippen molar-refractivity contribution in [3.8, 4) is 0 Å². The summed E-state index contributed by atoms with van der Waals surface area (Å²) in [6.07, 6.45) is 0. The molecule has 2 aromatic rings. The second-order valence-corrected chi connectivity index (χ2v) is 4.13. The van der Waals surface area contributed by atoms with Crippen LogP contribution in [0.1, 0.15) is 15.9 Å². The molecule has 2 aromatic carbocycles. The highest BCUT2D eigenvalue weighted by Crippen LogP contribution is 2.31. The Bertz CT molecular complexity index is 553. The summed E-state index contributed by atoms with van der Waals surface area (Å²) in [6.45, 7) is 0. The third kappa shape index (κ3) is 2.63. The van der Waals surface area contributed by atoms with Gasteiger partial charge in [-0.3, -0.25) is 4.79 Å². The van der Waals surface area contributed by atoms with Crippen LogP contribution in [0, 0.1) is 0 Å². The molecule has 0 saturated heterocycles. The number of Topliss-reactive ketones (excluding diaryl/α,β-unsaturated/α-hetero) is 1. The molecule has 0 heterocycles. The maximum atomic E-state index is 12.8. The van der Waals surface area contributed by atoms with E-state index in [0.717, 1.165) is 0 Å². The highest BCUT2D eigenvalue weighted by atomic mass is 17.2. The summed E-state index contributed by atoms with van der Waals surface area (Å²) in [5.74, 6) is -1.94. The van der Waals surface area contributed by atoms with E-state index in [1.54, 1.807) is 48.5 Å². The predicted molar refractivity (Wildman–Crippen MR) is 74.0 cm³/mol. The van der Waals surface area contributed by atoms with E-state index in [4.69, 9.17) is 14.5 Å². The number of benzene rings is 2. The van der Waals surface area contributed by atoms with Gasteiger partial charge in [0.2, 0.25) is 5.78 Å². The van der Waals surface area contributed by atoms with Gasteiger partial charge in [0, 0.05) is 18.2 Å². The first-order chi connectivity index (χ1) is 9.74. The number of rotatable bonds is 6. The zero-order valence-corrected chi connectivity index (χ0v) is 11.4. The minimum absolute atomic E-state index is 0.325. The Labute approximate surface area is 117 Å². The minimum atomic E-state index is -1.61. The number of methoxy groups -OCH3 is 1. The molecule has 0 aliphatic rings. The molecule has 4 nitrogen and oxygen atoms in total. The van der Waals surface area contributed by atoms with Gasteiger partial charge in [0.25, 0.3) is 5.79 Å². The molecule has 0 spiro atoms. The van der Waals surface area contributed by atoms with Gasteiger partial charge in [0.15, 0.2) is 0 Å². The fourth-order valence-corrected chi connectivity index (χ4v) is 2.02. The Kier molecular flexibility index (Phi) is 4.63. The van der Waals surface area contributed by atoms with Crippen molar-refractivity contribution in [2.45, 2.75) is 5.79 Å². The summed E-state index contributed by atoms with van der Waals surface area (Å²) in [5, 5.41) is 0. The van der Waals surface area contributed by atoms with Crippen LogP contribution in [0.25, 0.3) is 0 Å². The Morgan fingerprint density at radius 3 is 1.95 bits per heavy atom. The molecule has 1 atom stereocenters. The highest BCUT2D eigenvalue weighted by molar-refractivity contribution is 6.02. The SMILES string of the molecule is COO[C@@](OC)(C(=O)c1ccccc1)c1ccccc1. The number of ketones is 1. The second kappa shape index (κ2) is 6.43. The standard InChI is InChI=1S/C16H16O4/c1-18-16(20-19-2,14-11-7-4-8-12-14)15(17)13-9-5-3-6-10-13/h3-12H,1-2H3/t16-/m1/s1. The van der Waals surface area contributed by atoms with E-state index in [1.165, 1.54) is 14.2 Å². The van der Waals surface area contributed by atoms with Crippen LogP contribution in [0.4, 0.5) is 0 Å². The summed E-state index contributed by atoms with van der Waals surface area (Å²) >= 11 is 0. The van der Waals surface area contributed by atoms with Crippen molar-refractivity contribution in [3.05, 3.63) is 71.8 Å². The van der Waals surface area contributed by atoms with Crippen molar-refractivity contribution < 1.29 is 19.3 Å². The number of carbonyl (C=O) groups is 1. The summed E-state index contributed by atoms with van der Waals surface area (Å²) in [7, 11) is 2.75. The molecule has 0 unspecified atom stereocenters. The van der Waals surface area contributed by atoms with Crippen molar-refractivity contribution in [1.29, 1.82) is 0 Å². The van der Waals surface area contributed by atoms with Crippen molar-refractivity contribution in [2.24, 2.45) is 0 Å². The Balaban J connectivity index is 2.50. The normalized spacial score (nSPS) is 13.7. The largest absolute Gasteiger partial charge is 0.341 e. The van der Waals surface area contributed by atoms with Crippen LogP contribution in [0.15, 0.2) is 60.7 Å². The molecule has 0 bridgehead atoms. The second-order valence-electron chi connectivity index (χ2n) is 4.13. The van der Waals surface area contributed by atoms with Gasteiger partial charge < -0.3 is 4.74 Å². The maximum absolute atomic E-state index is 12.8. The first-order valence-electron chi connectivity index (χ1n) is 6.17. The first-order valence-corrected chi connectivity index (χ1v) is 6.17. The van der Waals surface area contributed by atoms with Gasteiger partial charge in [-0.1, -0.05) is 60.7 Å². The van der Waals surface area contributed by atoms with Crippen LogP contribution in [0.2, 0.25) is 0 Å². The monoisotopic (exact) mass is 272 g/mol. The molecule has 2 rings (SSSR count). The van der Waals surface area contributed by atoms with Crippen molar-refractivity contribution in [3.63, 3.8) is 0 Å². The number of hydrogen-bond donors (Lipinski definition) is 0. The van der Waals surface area contributed by atoms with Crippen LogP contribution in [-0.4, -0.2) is 20.0 Å². The van der Waals surface area contributed by atoms with E-state index in [0.29, 0.717) is 11.1 Å². The fraction of sp³-hybridized carbons (Fsp3) is 0.188. The van der Waals surface area contributed by atoms with Crippen LogP contribution >= 0.6 is 0 Å². The highest BCUT2D eigenvalue weighted by Gasteiger charge is 2.43. The molecule has 0 radical (unpaired) electrons. The fourth-order valence-electron chi connectivity index (χ4n) is 2.02. The van der Waals surface area contributed by atoms with Crippen LogP contribution in [-0.2, 0) is 20.3 Å². The molecule has 0 saturated carbocycles. The Hall–Kier alpha value is -2.01. The molecular formula is C16H16O4. The lowest BCUT2D eigenvalue weighted by Crippen LogP contribution is -2.40. The topological polar surface area (TPSA) is 44.8 Å². The zero-order valence-electron chi connectivity index (χ0n) is 11.4. The van der Waals surface area contributed by atoms with Gasteiger partial charge in [-0.2, -0.15) is 4.89 Å². The van der Waals surface area contributed by atoms with Gasteiger partial charge >= 0.3 is 0 Å². The Morgan fingerprint density at radius 2 is 1.45 bits per heavy atom. The molecule has 0 aliphatic carbocycles. The van der Waals surface area contributed by atoms with E-state index >= 15 is 0 Å². The summed E-state index contributed by atoms with van der Waals surface area (Å²) in [5.41, 5.74) is 1.05. The van der Waals surface area contributed by atoms with Crippen LogP contribution in [0.3, 0.4) is 0 Å². The van der Waals surface area contributed by atoms with E-state index in [1.807, 2.05) is 12.1 Å². The summed E-state index contributed by atoms with van der Waals surface area (Å²) in [4.78, 5) is 22.7. The van der Waals surface area contributed by atoms with E-state index in [9.17, 15) is 4.79 Å². The van der Waals surface area contributed by atoms with E-state index < -0.39 is 5.79 Å². The van der Waals surface area contributed by atoms with Gasteiger partial charge in [0.05, 0.1) is 7.11 Å². The molecule has 20 heavy (non-hydrogen) atoms. The quantitative estimate of drug-likeness (QED) is 0.351. The predicted octanol–water partition coefficient (Wildman–Crippen LogP) is 2.95. The van der Waals surface area contributed by atoms with Crippen molar-refractivity contribution >= 4 is 5.78 Å². The summed E-state index contributed by atoms with van der Waals surface area (Å²) in [6, 6.07) is 17.8. The van der Waals surface area contributed by atoms with Crippen molar-refractivity contribution in [2.75, 3.05) is 14.2 Å². The molecule has 0 N–H and O–H groups in total. The first kappa shape index (κ1) is 14.4. The number of carbonyl (C=O) groups excluding carboxylic acids is 1. The molecule has 4 heteroatoms. The average Bonchev–Trinajstić information content (AvgIpc) is 2.54. The number of ether oxygens (including phenoxy) is 1. The lowest BCUT2D eigenvalue weighted by atomic mass is 9.96. The van der Waals surface area contributed by atoms with Crippen molar-refractivity contribution in [1.82, 2.24) is 0 Å². The lowest BCUT2D eigenvalue weighted by molar-refractivity contribution is -0.397. The molecular weight excluding hydrogens is 256 g/mol. The lowest BCUT2D eigenvalue weighted by Gasteiger charge is -2.29.